The molecule has 0 amide bonds. The zero-order valence-corrected chi connectivity index (χ0v) is 7.74. The van der Waals surface area contributed by atoms with Gasteiger partial charge < -0.3 is 9.92 Å². The van der Waals surface area contributed by atoms with Gasteiger partial charge in [0.1, 0.15) is 5.75 Å². The molecule has 0 fully saturated rings. The van der Waals surface area contributed by atoms with E-state index in [-0.39, 0.29) is 5.75 Å². The first-order valence-electron chi connectivity index (χ1n) is 3.39. The van der Waals surface area contributed by atoms with Crippen LogP contribution in [0.25, 0.3) is 0 Å². The van der Waals surface area contributed by atoms with Crippen LogP contribution in [-0.4, -0.2) is 15.5 Å². The molecule has 0 saturated carbocycles. The quantitative estimate of drug-likeness (QED) is 0.725. The number of hydrogen-bond donors (Lipinski definition) is 1. The lowest BCUT2D eigenvalue weighted by Gasteiger charge is -2.03. The zero-order chi connectivity index (χ0) is 9.90. The van der Waals surface area contributed by atoms with E-state index in [4.69, 9.17) is 5.73 Å². The largest absolute Gasteiger partial charge is 0.448 e. The molecule has 0 aliphatic carbocycles. The van der Waals surface area contributed by atoms with Crippen LogP contribution in [0, 0.1) is 0 Å². The summed E-state index contributed by atoms with van der Waals surface area (Å²) in [5.74, 6) is 0.163. The lowest BCUT2D eigenvalue weighted by Crippen LogP contribution is -2.10. The molecular weight excluding hydrogens is 194 g/mol. The van der Waals surface area contributed by atoms with Gasteiger partial charge in [-0.3, -0.25) is 0 Å². The van der Waals surface area contributed by atoms with Crippen molar-refractivity contribution in [3.63, 3.8) is 0 Å². The van der Waals surface area contributed by atoms with Gasteiger partial charge in [0.25, 0.3) is 0 Å². The normalized spacial score (nSPS) is 11.2. The van der Waals surface area contributed by atoms with E-state index in [1.807, 2.05) is 0 Å². The second-order valence-corrected chi connectivity index (χ2v) is 3.54. The number of anilines is 1. The van der Waals surface area contributed by atoms with Crippen LogP contribution < -0.4 is 9.92 Å². The minimum atomic E-state index is -3.93. The van der Waals surface area contributed by atoms with Crippen LogP contribution in [0.1, 0.15) is 0 Å². The summed E-state index contributed by atoms with van der Waals surface area (Å²) in [5, 5.41) is 0. The molecule has 0 saturated heterocycles. The molecule has 0 spiro atoms. The van der Waals surface area contributed by atoms with Crippen LogP contribution in [0.3, 0.4) is 0 Å². The summed E-state index contributed by atoms with van der Waals surface area (Å²) in [6.45, 7) is 0. The van der Waals surface area contributed by atoms with Gasteiger partial charge in [0.05, 0.1) is 7.11 Å². The summed E-state index contributed by atoms with van der Waals surface area (Å²) in [6.07, 6.45) is 0. The van der Waals surface area contributed by atoms with Crippen molar-refractivity contribution in [2.75, 3.05) is 12.8 Å². The van der Waals surface area contributed by atoms with E-state index in [2.05, 4.69) is 8.37 Å². The Labute approximate surface area is 76.4 Å². The van der Waals surface area contributed by atoms with E-state index >= 15 is 0 Å². The molecule has 5 nitrogen and oxygen atoms in total. The van der Waals surface area contributed by atoms with Crippen molar-refractivity contribution in [2.45, 2.75) is 0 Å². The molecule has 0 aromatic heterocycles. The number of rotatable bonds is 3. The summed E-state index contributed by atoms with van der Waals surface area (Å²) in [6, 6.07) is 5.93. The Morgan fingerprint density at radius 3 is 2.23 bits per heavy atom. The fourth-order valence-corrected chi connectivity index (χ4v) is 1.09. The number of benzene rings is 1. The maximum absolute atomic E-state index is 10.8. The average Bonchev–Trinajstić information content (AvgIpc) is 2.09. The first-order chi connectivity index (χ1) is 6.03. The molecular formula is C7H9NO4S. The van der Waals surface area contributed by atoms with Crippen LogP contribution >= 0.6 is 0 Å². The predicted molar refractivity (Wildman–Crippen MR) is 47.4 cm³/mol. The van der Waals surface area contributed by atoms with Crippen LogP contribution in [0.2, 0.25) is 0 Å². The van der Waals surface area contributed by atoms with Gasteiger partial charge in [-0.2, -0.15) is 8.42 Å². The van der Waals surface area contributed by atoms with E-state index in [9.17, 15) is 8.42 Å². The molecule has 0 radical (unpaired) electrons. The topological polar surface area (TPSA) is 78.6 Å². The highest BCUT2D eigenvalue weighted by Crippen LogP contribution is 2.15. The summed E-state index contributed by atoms with van der Waals surface area (Å²) in [4.78, 5) is 0. The van der Waals surface area contributed by atoms with Crippen molar-refractivity contribution < 1.29 is 16.8 Å². The van der Waals surface area contributed by atoms with Gasteiger partial charge in [-0.1, -0.05) is 0 Å². The minimum absolute atomic E-state index is 0.163. The maximum atomic E-state index is 10.8. The molecule has 0 bridgehead atoms. The standard InChI is InChI=1S/C7H9NO4S/c1-11-13(9,10)12-7-4-2-6(8)3-5-7/h2-5H,8H2,1H3. The third kappa shape index (κ3) is 2.92. The molecule has 0 unspecified atom stereocenters. The molecule has 0 heterocycles. The molecule has 72 valence electrons. The number of hydrogen-bond acceptors (Lipinski definition) is 5. The smallest absolute Gasteiger partial charge is 0.399 e. The van der Waals surface area contributed by atoms with Gasteiger partial charge >= 0.3 is 10.4 Å². The highest BCUT2D eigenvalue weighted by Gasteiger charge is 2.09. The minimum Gasteiger partial charge on any atom is -0.399 e. The second kappa shape index (κ2) is 3.63. The molecule has 0 aliphatic heterocycles. The Balaban J connectivity index is 2.82. The van der Waals surface area contributed by atoms with Gasteiger partial charge in [0.15, 0.2) is 0 Å². The molecule has 1 aromatic carbocycles. The fourth-order valence-electron chi connectivity index (χ4n) is 0.675. The molecule has 6 heteroatoms. The average molecular weight is 203 g/mol. The van der Waals surface area contributed by atoms with E-state index in [0.717, 1.165) is 7.11 Å². The van der Waals surface area contributed by atoms with Crippen molar-refractivity contribution in [2.24, 2.45) is 0 Å². The first-order valence-corrected chi connectivity index (χ1v) is 4.72. The summed E-state index contributed by atoms with van der Waals surface area (Å²) in [5.41, 5.74) is 5.92. The molecule has 2 N–H and O–H groups in total. The third-order valence-electron chi connectivity index (χ3n) is 1.28. The highest BCUT2D eigenvalue weighted by molar-refractivity contribution is 7.82. The van der Waals surface area contributed by atoms with Crippen LogP contribution in [0.4, 0.5) is 5.69 Å². The predicted octanol–water partition coefficient (Wildman–Crippen LogP) is 0.539. The van der Waals surface area contributed by atoms with Crippen molar-refractivity contribution in [3.05, 3.63) is 24.3 Å². The Kier molecular flexibility index (Phi) is 2.74. The van der Waals surface area contributed by atoms with Crippen molar-refractivity contribution in [1.82, 2.24) is 0 Å². The van der Waals surface area contributed by atoms with E-state index in [1.165, 1.54) is 24.3 Å². The molecule has 13 heavy (non-hydrogen) atoms. The van der Waals surface area contributed by atoms with E-state index in [1.54, 1.807) is 0 Å². The molecule has 0 atom stereocenters. The molecule has 1 rings (SSSR count). The molecule has 1 aromatic rings. The number of nitrogens with two attached hydrogens (primary N) is 1. The van der Waals surface area contributed by atoms with Gasteiger partial charge in [0.2, 0.25) is 0 Å². The second-order valence-electron chi connectivity index (χ2n) is 2.23. The first kappa shape index (κ1) is 9.82. The Bertz CT molecular complexity index is 370. The van der Waals surface area contributed by atoms with Crippen molar-refractivity contribution in [1.29, 1.82) is 0 Å². The van der Waals surface area contributed by atoms with Crippen molar-refractivity contribution in [3.8, 4) is 5.75 Å². The van der Waals surface area contributed by atoms with E-state index in [0.29, 0.717) is 5.69 Å². The van der Waals surface area contributed by atoms with E-state index < -0.39 is 10.4 Å². The maximum Gasteiger partial charge on any atom is 0.448 e. The van der Waals surface area contributed by atoms with Gasteiger partial charge in [-0.25, -0.2) is 4.18 Å². The summed E-state index contributed by atoms with van der Waals surface area (Å²) >= 11 is 0. The molecule has 0 aliphatic rings. The number of nitrogen functional groups attached to an aromatic ring is 1. The van der Waals surface area contributed by atoms with Gasteiger partial charge in [0, 0.05) is 5.69 Å². The van der Waals surface area contributed by atoms with Crippen LogP contribution in [0.15, 0.2) is 24.3 Å². The monoisotopic (exact) mass is 203 g/mol. The third-order valence-corrected chi connectivity index (χ3v) is 2.09. The van der Waals surface area contributed by atoms with Crippen molar-refractivity contribution >= 4 is 16.1 Å². The fraction of sp³-hybridized carbons (Fsp3) is 0.143. The zero-order valence-electron chi connectivity index (χ0n) is 6.93. The lowest BCUT2D eigenvalue weighted by atomic mass is 10.3. The van der Waals surface area contributed by atoms with Gasteiger partial charge in [-0.05, 0) is 24.3 Å². The van der Waals surface area contributed by atoms with Gasteiger partial charge in [-0.15, -0.1) is 0 Å². The Morgan fingerprint density at radius 1 is 1.23 bits per heavy atom. The lowest BCUT2D eigenvalue weighted by molar-refractivity contribution is 0.330. The SMILES string of the molecule is COS(=O)(=O)Oc1ccc(N)cc1. The van der Waals surface area contributed by atoms with Crippen LogP contribution in [0.5, 0.6) is 5.75 Å². The summed E-state index contributed by atoms with van der Waals surface area (Å²) in [7, 11) is -2.91. The Morgan fingerprint density at radius 2 is 1.77 bits per heavy atom. The highest BCUT2D eigenvalue weighted by atomic mass is 32.3. The summed E-state index contributed by atoms with van der Waals surface area (Å²) < 4.78 is 30.1. The Hall–Kier alpha value is -1.27. The van der Waals surface area contributed by atoms with Crippen LogP contribution in [-0.2, 0) is 14.6 Å².